The second-order valence-corrected chi connectivity index (χ2v) is 4.55. The molecule has 1 heterocycles. The van der Waals surface area contributed by atoms with Crippen molar-refractivity contribution in [1.29, 1.82) is 0 Å². The number of nitrogens with zero attached hydrogens (tertiary/aromatic N) is 1. The van der Waals surface area contributed by atoms with Gasteiger partial charge < -0.3 is 14.3 Å². The van der Waals surface area contributed by atoms with Crippen molar-refractivity contribution in [3.63, 3.8) is 0 Å². The normalized spacial score (nSPS) is 10.8. The molecule has 3 rings (SSSR count). The van der Waals surface area contributed by atoms with Gasteiger partial charge in [0, 0.05) is 6.07 Å². The molecule has 0 atom stereocenters. The van der Waals surface area contributed by atoms with Crippen LogP contribution in [0.5, 0.6) is 11.8 Å². The summed E-state index contributed by atoms with van der Waals surface area (Å²) in [6.45, 7) is 0. The minimum Gasteiger partial charge on any atom is -0.478 e. The van der Waals surface area contributed by atoms with Crippen LogP contribution in [-0.4, -0.2) is 16.1 Å². The maximum Gasteiger partial charge on any atom is 0.400 e. The topological polar surface area (TPSA) is 72.6 Å². The van der Waals surface area contributed by atoms with Crippen LogP contribution in [0.1, 0.15) is 10.4 Å². The fraction of sp³-hybridized carbons (Fsp3) is 0. The molecule has 0 saturated heterocycles. The number of oxazole rings is 1. The number of aromatic carboxylic acids is 1. The van der Waals surface area contributed by atoms with Crippen LogP contribution in [0.3, 0.4) is 0 Å². The minimum atomic E-state index is -1.07. The quantitative estimate of drug-likeness (QED) is 0.788. The number of fused-ring (bicyclic) bond motifs is 1. The third kappa shape index (κ3) is 2.66. The van der Waals surface area contributed by atoms with E-state index < -0.39 is 11.8 Å². The van der Waals surface area contributed by atoms with Crippen LogP contribution in [0.25, 0.3) is 11.1 Å². The molecule has 0 unspecified atom stereocenters. The van der Waals surface area contributed by atoms with Gasteiger partial charge in [-0.1, -0.05) is 11.6 Å². The van der Waals surface area contributed by atoms with Crippen LogP contribution in [0.15, 0.2) is 40.8 Å². The molecule has 1 N–H and O–H groups in total. The smallest absolute Gasteiger partial charge is 0.400 e. The zero-order valence-electron chi connectivity index (χ0n) is 10.3. The van der Waals surface area contributed by atoms with Gasteiger partial charge in [0.2, 0.25) is 0 Å². The van der Waals surface area contributed by atoms with Crippen LogP contribution in [0, 0.1) is 5.82 Å². The molecule has 2 aromatic carbocycles. The van der Waals surface area contributed by atoms with Crippen molar-refractivity contribution in [3.05, 3.63) is 52.8 Å². The highest BCUT2D eigenvalue weighted by Gasteiger charge is 2.12. The van der Waals surface area contributed by atoms with Crippen LogP contribution in [0.2, 0.25) is 5.02 Å². The van der Waals surface area contributed by atoms with Gasteiger partial charge in [-0.05, 0) is 30.3 Å². The number of carboxylic acid groups (broad SMARTS) is 1. The van der Waals surface area contributed by atoms with Gasteiger partial charge in [0.05, 0.1) is 10.6 Å². The highest BCUT2D eigenvalue weighted by Crippen LogP contribution is 2.28. The van der Waals surface area contributed by atoms with Crippen molar-refractivity contribution >= 4 is 28.7 Å². The number of hydrogen-bond donors (Lipinski definition) is 1. The summed E-state index contributed by atoms with van der Waals surface area (Å²) < 4.78 is 23.7. The Kier molecular flexibility index (Phi) is 3.23. The first kappa shape index (κ1) is 13.4. The number of rotatable bonds is 3. The molecule has 0 aliphatic heterocycles. The van der Waals surface area contributed by atoms with Crippen molar-refractivity contribution in [2.75, 3.05) is 0 Å². The van der Waals surface area contributed by atoms with Crippen molar-refractivity contribution in [1.82, 2.24) is 4.98 Å². The Bertz CT molecular complexity index is 846. The van der Waals surface area contributed by atoms with E-state index in [1.165, 1.54) is 30.3 Å². The number of hydrogen-bond acceptors (Lipinski definition) is 4. The Morgan fingerprint density at radius 1 is 1.29 bits per heavy atom. The first-order valence-electron chi connectivity index (χ1n) is 5.80. The van der Waals surface area contributed by atoms with E-state index in [4.69, 9.17) is 25.9 Å². The number of carboxylic acids is 1. The van der Waals surface area contributed by atoms with Gasteiger partial charge >= 0.3 is 12.0 Å². The molecule has 106 valence electrons. The second kappa shape index (κ2) is 5.06. The van der Waals surface area contributed by atoms with E-state index in [0.717, 1.165) is 6.07 Å². The summed E-state index contributed by atoms with van der Waals surface area (Å²) in [7, 11) is 0. The zero-order valence-corrected chi connectivity index (χ0v) is 11.1. The largest absolute Gasteiger partial charge is 0.478 e. The van der Waals surface area contributed by atoms with E-state index in [2.05, 4.69) is 4.98 Å². The Morgan fingerprint density at radius 2 is 2.10 bits per heavy atom. The van der Waals surface area contributed by atoms with Crippen LogP contribution in [-0.2, 0) is 0 Å². The van der Waals surface area contributed by atoms with Crippen LogP contribution in [0.4, 0.5) is 4.39 Å². The summed E-state index contributed by atoms with van der Waals surface area (Å²) in [5.41, 5.74) is 0.802. The first-order chi connectivity index (χ1) is 10.0. The number of aromatic nitrogens is 1. The fourth-order valence-electron chi connectivity index (χ4n) is 1.72. The van der Waals surface area contributed by atoms with E-state index in [1.54, 1.807) is 0 Å². The highest BCUT2D eigenvalue weighted by atomic mass is 35.5. The average molecular weight is 308 g/mol. The average Bonchev–Trinajstić information content (AvgIpc) is 2.84. The molecule has 5 nitrogen and oxygen atoms in total. The summed E-state index contributed by atoms with van der Waals surface area (Å²) >= 11 is 5.64. The lowest BCUT2D eigenvalue weighted by molar-refractivity contribution is 0.0697. The maximum atomic E-state index is 13.0. The van der Waals surface area contributed by atoms with Crippen LogP contribution < -0.4 is 4.74 Å². The molecular formula is C14H7ClFNO4. The summed E-state index contributed by atoms with van der Waals surface area (Å²) in [5, 5.41) is 8.81. The minimum absolute atomic E-state index is 0.0787. The molecule has 1 aromatic heterocycles. The van der Waals surface area contributed by atoms with E-state index in [0.29, 0.717) is 5.52 Å². The third-order valence-corrected chi connectivity index (χ3v) is 3.00. The summed E-state index contributed by atoms with van der Waals surface area (Å²) in [4.78, 5) is 14.9. The third-order valence-electron chi connectivity index (χ3n) is 2.71. The summed E-state index contributed by atoms with van der Waals surface area (Å²) in [6, 6.07) is 8.07. The lowest BCUT2D eigenvalue weighted by atomic mass is 10.2. The summed E-state index contributed by atoms with van der Waals surface area (Å²) in [6.07, 6.45) is -0.0878. The van der Waals surface area contributed by atoms with Crippen molar-refractivity contribution < 1.29 is 23.4 Å². The predicted molar refractivity (Wildman–Crippen MR) is 72.5 cm³/mol. The standard InChI is InChI=1S/C14H7ClFNO4/c15-9-6-8(2-3-10(9)16)20-14-17-11-4-1-7(13(18)19)5-12(11)21-14/h1-6H,(H,18,19). The van der Waals surface area contributed by atoms with Gasteiger partial charge in [0.1, 0.15) is 17.1 Å². The molecule has 21 heavy (non-hydrogen) atoms. The van der Waals surface area contributed by atoms with E-state index in [9.17, 15) is 9.18 Å². The number of ether oxygens (including phenoxy) is 1. The van der Waals surface area contributed by atoms with Crippen molar-refractivity contribution in [2.45, 2.75) is 0 Å². The molecule has 0 amide bonds. The molecule has 0 saturated carbocycles. The highest BCUT2D eigenvalue weighted by molar-refractivity contribution is 6.30. The Morgan fingerprint density at radius 3 is 2.81 bits per heavy atom. The molecule has 0 fully saturated rings. The molecular weight excluding hydrogens is 301 g/mol. The molecule has 7 heteroatoms. The SMILES string of the molecule is O=C(O)c1ccc2nc(Oc3ccc(F)c(Cl)c3)oc2c1. The molecule has 0 bridgehead atoms. The van der Waals surface area contributed by atoms with Gasteiger partial charge in [0.15, 0.2) is 5.58 Å². The predicted octanol–water partition coefficient (Wildman–Crippen LogP) is 4.11. The lowest BCUT2D eigenvalue weighted by Gasteiger charge is -2.01. The van der Waals surface area contributed by atoms with E-state index in [1.807, 2.05) is 0 Å². The Labute approximate surface area is 122 Å². The number of benzene rings is 2. The van der Waals surface area contributed by atoms with E-state index in [-0.39, 0.29) is 28.0 Å². The van der Waals surface area contributed by atoms with Gasteiger partial charge in [0.25, 0.3) is 0 Å². The number of carbonyl (C=O) groups is 1. The fourth-order valence-corrected chi connectivity index (χ4v) is 1.89. The molecule has 0 radical (unpaired) electrons. The van der Waals surface area contributed by atoms with Crippen molar-refractivity contribution in [2.24, 2.45) is 0 Å². The van der Waals surface area contributed by atoms with Gasteiger partial charge in [-0.15, -0.1) is 0 Å². The monoisotopic (exact) mass is 307 g/mol. The zero-order chi connectivity index (χ0) is 15.0. The Hall–Kier alpha value is -2.60. The van der Waals surface area contributed by atoms with Gasteiger partial charge in [-0.25, -0.2) is 9.18 Å². The van der Waals surface area contributed by atoms with Gasteiger partial charge in [-0.2, -0.15) is 4.98 Å². The molecule has 0 aliphatic carbocycles. The van der Waals surface area contributed by atoms with E-state index >= 15 is 0 Å². The number of halogens is 2. The lowest BCUT2D eigenvalue weighted by Crippen LogP contribution is -1.94. The molecule has 0 spiro atoms. The van der Waals surface area contributed by atoms with Crippen LogP contribution >= 0.6 is 11.6 Å². The molecule has 3 aromatic rings. The summed E-state index contributed by atoms with van der Waals surface area (Å²) in [5.74, 6) is -1.37. The Balaban J connectivity index is 1.93. The maximum absolute atomic E-state index is 13.0. The molecule has 0 aliphatic rings. The second-order valence-electron chi connectivity index (χ2n) is 4.15. The first-order valence-corrected chi connectivity index (χ1v) is 6.17. The van der Waals surface area contributed by atoms with Gasteiger partial charge in [-0.3, -0.25) is 0 Å². The van der Waals surface area contributed by atoms with Crippen molar-refractivity contribution in [3.8, 4) is 11.8 Å².